The van der Waals surface area contributed by atoms with Crippen molar-refractivity contribution >= 4 is 29.5 Å². The number of ketones is 1. The second kappa shape index (κ2) is 11.8. The van der Waals surface area contributed by atoms with Crippen LogP contribution in [-0.4, -0.2) is 65.4 Å². The van der Waals surface area contributed by atoms with Gasteiger partial charge in [0.15, 0.2) is 5.78 Å². The average molecular weight is 577 g/mol. The number of imide groups is 1. The summed E-state index contributed by atoms with van der Waals surface area (Å²) in [5.74, 6) is -5.30. The predicted molar refractivity (Wildman–Crippen MR) is 140 cm³/mol. The van der Waals surface area contributed by atoms with Gasteiger partial charge in [0, 0.05) is 18.7 Å². The van der Waals surface area contributed by atoms with Gasteiger partial charge in [0.25, 0.3) is 0 Å². The van der Waals surface area contributed by atoms with E-state index in [4.69, 9.17) is 14.6 Å². The van der Waals surface area contributed by atoms with Crippen molar-refractivity contribution in [1.29, 1.82) is 0 Å². The van der Waals surface area contributed by atoms with Crippen molar-refractivity contribution in [3.63, 3.8) is 0 Å². The molecule has 0 aliphatic carbocycles. The fourth-order valence-corrected chi connectivity index (χ4v) is 5.50. The van der Waals surface area contributed by atoms with Crippen LogP contribution in [0.2, 0.25) is 0 Å². The summed E-state index contributed by atoms with van der Waals surface area (Å²) in [6, 6.07) is 14.6. The summed E-state index contributed by atoms with van der Waals surface area (Å²) < 4.78 is 36.9. The molecule has 2 aromatic carbocycles. The Morgan fingerprint density at radius 2 is 1.49 bits per heavy atom. The van der Waals surface area contributed by atoms with Crippen molar-refractivity contribution in [2.45, 2.75) is 44.9 Å². The first-order valence-corrected chi connectivity index (χ1v) is 12.7. The molecule has 4 atom stereocenters. The van der Waals surface area contributed by atoms with Crippen LogP contribution in [0.4, 0.5) is 13.2 Å². The SMILES string of the molecule is COC(=O)[C@]1(CC(C)C)N[C@H](c2ccc(-c3ccc(C(C)=O)cc3)cc2)[C@@H]2C(=O)N(C)C(=O)[C@@H]21.O=C(O)C(F)(F)F. The molecule has 0 unspecified atom stereocenters. The van der Waals surface area contributed by atoms with Gasteiger partial charge in [-0.2, -0.15) is 13.2 Å². The van der Waals surface area contributed by atoms with Crippen LogP contribution in [0.15, 0.2) is 48.5 Å². The van der Waals surface area contributed by atoms with Crippen LogP contribution in [0.3, 0.4) is 0 Å². The third kappa shape index (κ3) is 6.17. The molecule has 2 aromatic rings. The smallest absolute Gasteiger partial charge is 0.475 e. The van der Waals surface area contributed by atoms with Crippen molar-refractivity contribution in [2.24, 2.45) is 17.8 Å². The predicted octanol–water partition coefficient (Wildman–Crippen LogP) is 4.02. The number of nitrogens with zero attached hydrogens (tertiary/aromatic N) is 1. The second-order valence-corrected chi connectivity index (χ2v) is 10.5. The molecule has 2 amide bonds. The number of ether oxygens (including phenoxy) is 1. The van der Waals surface area contributed by atoms with Crippen LogP contribution in [0.5, 0.6) is 0 Å². The standard InChI is InChI=1S/C27H30N2O5.C2HF3O2/c1-15(2)14-27(26(33)34-5)22-21(24(31)29(4)25(22)32)23(28-27)20-12-10-19(11-13-20)18-8-6-17(7-9-18)16(3)30;3-2(4,5)1(6)7/h6-13,15,21-23,28H,14H2,1-5H3;(H,6,7)/t21-,22-,23-,27-;/m1./s1. The number of rotatable bonds is 6. The highest BCUT2D eigenvalue weighted by Crippen LogP contribution is 2.51. The summed E-state index contributed by atoms with van der Waals surface area (Å²) >= 11 is 0. The first-order valence-electron chi connectivity index (χ1n) is 12.7. The van der Waals surface area contributed by atoms with Crippen molar-refractivity contribution in [3.05, 3.63) is 59.7 Å². The lowest BCUT2D eigenvalue weighted by Gasteiger charge is -2.33. The van der Waals surface area contributed by atoms with Gasteiger partial charge in [0.1, 0.15) is 5.54 Å². The maximum atomic E-state index is 13.1. The largest absolute Gasteiger partial charge is 0.490 e. The molecule has 0 spiro atoms. The van der Waals surface area contributed by atoms with Crippen LogP contribution in [0.1, 0.15) is 49.2 Å². The van der Waals surface area contributed by atoms with E-state index in [-0.39, 0.29) is 23.5 Å². The summed E-state index contributed by atoms with van der Waals surface area (Å²) in [6.45, 7) is 5.49. The number of esters is 1. The van der Waals surface area contributed by atoms with Gasteiger partial charge in [-0.25, -0.2) is 4.79 Å². The topological polar surface area (TPSA) is 130 Å². The van der Waals surface area contributed by atoms with E-state index in [1.807, 2.05) is 50.2 Å². The molecule has 2 heterocycles. The molecule has 2 saturated heterocycles. The lowest BCUT2D eigenvalue weighted by atomic mass is 9.75. The minimum Gasteiger partial charge on any atom is -0.475 e. The molecule has 0 aromatic heterocycles. The fourth-order valence-electron chi connectivity index (χ4n) is 5.50. The van der Waals surface area contributed by atoms with Gasteiger partial charge >= 0.3 is 18.1 Å². The quantitative estimate of drug-likeness (QED) is 0.300. The lowest BCUT2D eigenvalue weighted by Crippen LogP contribution is -2.56. The number of fused-ring (bicyclic) bond motifs is 1. The van der Waals surface area contributed by atoms with Crippen LogP contribution in [0, 0.1) is 17.8 Å². The zero-order valence-corrected chi connectivity index (χ0v) is 23.1. The van der Waals surface area contributed by atoms with Crippen LogP contribution < -0.4 is 5.32 Å². The van der Waals surface area contributed by atoms with E-state index in [9.17, 15) is 32.3 Å². The number of aliphatic carboxylic acids is 1. The van der Waals surface area contributed by atoms with Crippen molar-refractivity contribution in [2.75, 3.05) is 14.2 Å². The van der Waals surface area contributed by atoms with Crippen molar-refractivity contribution < 1.29 is 47.0 Å². The van der Waals surface area contributed by atoms with Gasteiger partial charge in [0.05, 0.1) is 18.9 Å². The third-order valence-electron chi connectivity index (χ3n) is 7.29. The van der Waals surface area contributed by atoms with Crippen LogP contribution >= 0.6 is 0 Å². The normalized spacial score (nSPS) is 23.6. The van der Waals surface area contributed by atoms with Crippen molar-refractivity contribution in [1.82, 2.24) is 10.2 Å². The highest BCUT2D eigenvalue weighted by molar-refractivity contribution is 6.09. The number of carboxylic acid groups (broad SMARTS) is 1. The molecule has 2 fully saturated rings. The number of Topliss-reactive ketones (excluding diaryl/α,β-unsaturated/α-hetero) is 1. The van der Waals surface area contributed by atoms with Gasteiger partial charge in [0.2, 0.25) is 11.8 Å². The Balaban J connectivity index is 0.000000587. The highest BCUT2D eigenvalue weighted by atomic mass is 19.4. The Bertz CT molecular complexity index is 1340. The molecule has 0 radical (unpaired) electrons. The van der Waals surface area contributed by atoms with Gasteiger partial charge in [-0.1, -0.05) is 62.4 Å². The molecule has 2 N–H and O–H groups in total. The molecule has 0 saturated carbocycles. The van der Waals surface area contributed by atoms with E-state index in [0.29, 0.717) is 12.0 Å². The van der Waals surface area contributed by atoms with Gasteiger partial charge < -0.3 is 9.84 Å². The number of hydrogen-bond donors (Lipinski definition) is 2. The highest BCUT2D eigenvalue weighted by Gasteiger charge is 2.68. The zero-order chi connectivity index (χ0) is 30.9. The summed E-state index contributed by atoms with van der Waals surface area (Å²) in [7, 11) is 2.79. The molecule has 220 valence electrons. The number of halogens is 3. The molecular weight excluding hydrogens is 545 g/mol. The van der Waals surface area contributed by atoms with E-state index < -0.39 is 41.5 Å². The Hall–Kier alpha value is -4.06. The first kappa shape index (κ1) is 31.5. The van der Waals surface area contributed by atoms with E-state index in [1.54, 1.807) is 12.1 Å². The Morgan fingerprint density at radius 1 is 1.00 bits per heavy atom. The number of methoxy groups -OCH3 is 1. The molecular formula is C29H31F3N2O7. The minimum atomic E-state index is -5.08. The van der Waals surface area contributed by atoms with Crippen LogP contribution in [0.25, 0.3) is 11.1 Å². The number of carbonyl (C=O) groups is 5. The van der Waals surface area contributed by atoms with E-state index >= 15 is 0 Å². The summed E-state index contributed by atoms with van der Waals surface area (Å²) in [4.78, 5) is 60.9. The first-order chi connectivity index (χ1) is 19.0. The molecule has 9 nitrogen and oxygen atoms in total. The number of alkyl halides is 3. The average Bonchev–Trinajstić information content (AvgIpc) is 3.37. The number of benzene rings is 2. The summed E-state index contributed by atoms with van der Waals surface area (Å²) in [5.41, 5.74) is 2.13. The number of nitrogens with one attached hydrogen (secondary N) is 1. The van der Waals surface area contributed by atoms with Crippen molar-refractivity contribution in [3.8, 4) is 11.1 Å². The number of amides is 2. The van der Waals surface area contributed by atoms with E-state index in [1.165, 1.54) is 21.1 Å². The Morgan fingerprint density at radius 3 is 1.90 bits per heavy atom. The number of hydrogen-bond acceptors (Lipinski definition) is 7. The minimum absolute atomic E-state index is 0.0139. The molecule has 12 heteroatoms. The molecule has 2 aliphatic rings. The summed E-state index contributed by atoms with van der Waals surface area (Å²) in [5, 5.41) is 10.5. The number of likely N-dealkylation sites (tertiary alicyclic amines) is 1. The van der Waals surface area contributed by atoms with Gasteiger partial charge in [-0.05, 0) is 36.0 Å². The molecule has 2 aliphatic heterocycles. The Labute approximate surface area is 234 Å². The maximum absolute atomic E-state index is 13.1. The number of carboxylic acids is 1. The number of carbonyl (C=O) groups excluding carboxylic acids is 4. The van der Waals surface area contributed by atoms with E-state index in [2.05, 4.69) is 5.32 Å². The molecule has 41 heavy (non-hydrogen) atoms. The molecule has 4 rings (SSSR count). The second-order valence-electron chi connectivity index (χ2n) is 10.5. The lowest BCUT2D eigenvalue weighted by molar-refractivity contribution is -0.192. The zero-order valence-electron chi connectivity index (χ0n) is 23.1. The summed E-state index contributed by atoms with van der Waals surface area (Å²) in [6.07, 6.45) is -4.70. The van der Waals surface area contributed by atoms with Crippen LogP contribution in [-0.2, 0) is 23.9 Å². The monoisotopic (exact) mass is 576 g/mol. The van der Waals surface area contributed by atoms with Gasteiger partial charge in [-0.3, -0.25) is 29.4 Å². The molecule has 0 bridgehead atoms. The maximum Gasteiger partial charge on any atom is 0.490 e. The van der Waals surface area contributed by atoms with E-state index in [0.717, 1.165) is 21.6 Å². The fraction of sp³-hybridized carbons (Fsp3) is 0.414. The van der Waals surface area contributed by atoms with Gasteiger partial charge in [-0.15, -0.1) is 0 Å². The Kier molecular flexibility index (Phi) is 9.07. The third-order valence-corrected chi connectivity index (χ3v) is 7.29.